The van der Waals surface area contributed by atoms with E-state index in [1.165, 1.54) is 17.2 Å². The normalized spacial score (nSPS) is 31.1. The van der Waals surface area contributed by atoms with Crippen LogP contribution >= 0.6 is 0 Å². The Morgan fingerprint density at radius 2 is 1.87 bits per heavy atom. The highest BCUT2D eigenvalue weighted by Crippen LogP contribution is 2.41. The van der Waals surface area contributed by atoms with Crippen molar-refractivity contribution in [2.75, 3.05) is 0 Å². The van der Waals surface area contributed by atoms with Crippen LogP contribution in [-0.2, 0) is 4.79 Å². The Bertz CT molecular complexity index is 902. The summed E-state index contributed by atoms with van der Waals surface area (Å²) in [6.45, 7) is 0. The van der Waals surface area contributed by atoms with Gasteiger partial charge in [-0.1, -0.05) is 5.92 Å². The molecule has 0 aliphatic carbocycles. The van der Waals surface area contributed by atoms with E-state index in [4.69, 9.17) is 12.2 Å². The maximum Gasteiger partial charge on any atom is 0.257 e. The molecule has 1 aromatic heterocycles. The second kappa shape index (κ2) is 8.04. The zero-order valence-electron chi connectivity index (χ0n) is 16.6. The molecule has 1 aromatic rings. The minimum atomic E-state index is -0.771. The summed E-state index contributed by atoms with van der Waals surface area (Å²) in [5, 5.41) is 9.38. The van der Waals surface area contributed by atoms with Crippen molar-refractivity contribution in [2.45, 2.75) is 68.7 Å². The van der Waals surface area contributed by atoms with Gasteiger partial charge < -0.3 is 15.5 Å². The Kier molecular flexibility index (Phi) is 5.44. The van der Waals surface area contributed by atoms with Crippen LogP contribution in [0, 0.1) is 35.4 Å². The van der Waals surface area contributed by atoms with Gasteiger partial charge in [-0.05, 0) is 50.5 Å². The first-order valence-electron chi connectivity index (χ1n) is 10.3. The summed E-state index contributed by atoms with van der Waals surface area (Å²) in [5.74, 6) is 1.23. The fourth-order valence-electron chi connectivity index (χ4n) is 5.31. The highest BCUT2D eigenvalue weighted by atomic mass is 19.1. The first kappa shape index (κ1) is 20.3. The van der Waals surface area contributed by atoms with E-state index in [2.05, 4.69) is 17.0 Å². The van der Waals surface area contributed by atoms with Crippen LogP contribution in [0.2, 0.25) is 0 Å². The molecule has 4 rings (SSSR count). The molecule has 5 unspecified atom stereocenters. The number of nitrogens with zero attached hydrogens (tertiary/aromatic N) is 4. The van der Waals surface area contributed by atoms with Crippen molar-refractivity contribution < 1.29 is 14.0 Å². The lowest BCUT2D eigenvalue weighted by Gasteiger charge is -2.41. The molecule has 2 bridgehead atoms. The summed E-state index contributed by atoms with van der Waals surface area (Å²) < 4.78 is 14.1. The molecule has 3 fully saturated rings. The minimum absolute atomic E-state index is 0.0199. The molecule has 3 aliphatic rings. The molecule has 2 N–H and O–H groups in total. The number of hydrogen-bond acceptors (Lipinski definition) is 5. The third kappa shape index (κ3) is 3.32. The van der Waals surface area contributed by atoms with Gasteiger partial charge in [0, 0.05) is 18.3 Å². The maximum atomic E-state index is 14.1. The van der Waals surface area contributed by atoms with Gasteiger partial charge in [-0.2, -0.15) is 5.26 Å². The quantitative estimate of drug-likeness (QED) is 0.761. The Balaban J connectivity index is 1.49. The van der Waals surface area contributed by atoms with E-state index in [9.17, 15) is 19.2 Å². The summed E-state index contributed by atoms with van der Waals surface area (Å²) >= 11 is 0. The number of hydrogen-bond donors (Lipinski definition) is 1. The van der Waals surface area contributed by atoms with Gasteiger partial charge in [0.25, 0.3) is 5.91 Å². The van der Waals surface area contributed by atoms with Gasteiger partial charge in [0.15, 0.2) is 5.82 Å². The van der Waals surface area contributed by atoms with Crippen molar-refractivity contribution >= 4 is 11.8 Å². The van der Waals surface area contributed by atoms with Crippen LogP contribution < -0.4 is 5.73 Å². The molecule has 3 aliphatic heterocycles. The van der Waals surface area contributed by atoms with E-state index in [0.29, 0.717) is 25.7 Å². The lowest BCUT2D eigenvalue weighted by atomic mass is 9.84. The Morgan fingerprint density at radius 1 is 1.20 bits per heavy atom. The summed E-state index contributed by atoms with van der Waals surface area (Å²) in [6.07, 6.45) is 11.9. The van der Waals surface area contributed by atoms with Crippen LogP contribution in [0.3, 0.4) is 0 Å². The molecule has 0 aromatic carbocycles. The number of piperidine rings is 1. The molecule has 2 amide bonds. The number of halogens is 1. The molecule has 156 valence electrons. The van der Waals surface area contributed by atoms with Crippen LogP contribution in [-0.4, -0.2) is 56.8 Å². The van der Waals surface area contributed by atoms with Crippen molar-refractivity contribution in [3.05, 3.63) is 29.8 Å². The van der Waals surface area contributed by atoms with Gasteiger partial charge in [-0.3, -0.25) is 14.6 Å². The molecule has 0 radical (unpaired) electrons. The topological polar surface area (TPSA) is 103 Å². The zero-order chi connectivity index (χ0) is 21.4. The zero-order valence-corrected chi connectivity index (χ0v) is 16.6. The summed E-state index contributed by atoms with van der Waals surface area (Å²) in [6, 6.07) is 1.67. The van der Waals surface area contributed by atoms with Gasteiger partial charge in [0.2, 0.25) is 5.91 Å². The molecular weight excluding hydrogens is 385 g/mol. The number of terminal acetylenes is 1. The SMILES string of the molecule is C#CC1CCC(C#N)N1C(=O)C(N)C1CC2CCC(C1)N2C(=O)c1ccncc1F. The molecular formula is C22H24FN5O2. The summed E-state index contributed by atoms with van der Waals surface area (Å²) in [4.78, 5) is 33.0. The van der Waals surface area contributed by atoms with Crippen LogP contribution in [0.15, 0.2) is 18.5 Å². The fraction of sp³-hybridized carbons (Fsp3) is 0.545. The Hall–Kier alpha value is -2.97. The first-order valence-corrected chi connectivity index (χ1v) is 10.3. The molecule has 5 atom stereocenters. The second-order valence-corrected chi connectivity index (χ2v) is 8.36. The number of likely N-dealkylation sites (tertiary alicyclic amines) is 1. The lowest BCUT2D eigenvalue weighted by molar-refractivity contribution is -0.135. The maximum absolute atomic E-state index is 14.1. The second-order valence-electron chi connectivity index (χ2n) is 8.36. The standard InChI is InChI=1S/C22H24FN5O2/c1-2-14-3-6-17(11-24)27(14)22(30)20(25)13-9-15-4-5-16(10-13)28(15)21(29)18-7-8-26-12-19(18)23/h1,7-8,12-17,20H,3-6,9-10,25H2. The van der Waals surface area contributed by atoms with E-state index in [-0.39, 0.29) is 35.4 Å². The van der Waals surface area contributed by atoms with E-state index >= 15 is 0 Å². The smallest absolute Gasteiger partial charge is 0.257 e. The van der Waals surface area contributed by atoms with Crippen LogP contribution in [0.1, 0.15) is 48.9 Å². The minimum Gasteiger partial charge on any atom is -0.333 e. The predicted octanol–water partition coefficient (Wildman–Crippen LogP) is 1.45. The number of carbonyl (C=O) groups is 2. The van der Waals surface area contributed by atoms with Crippen LogP contribution in [0.25, 0.3) is 0 Å². The molecule has 3 saturated heterocycles. The van der Waals surface area contributed by atoms with Gasteiger partial charge in [-0.25, -0.2) is 4.39 Å². The third-order valence-electron chi connectivity index (χ3n) is 6.78. The molecule has 8 heteroatoms. The monoisotopic (exact) mass is 409 g/mol. The van der Waals surface area contributed by atoms with Gasteiger partial charge >= 0.3 is 0 Å². The van der Waals surface area contributed by atoms with E-state index in [0.717, 1.165) is 19.0 Å². The van der Waals surface area contributed by atoms with E-state index in [1.807, 2.05) is 0 Å². The average molecular weight is 409 g/mol. The van der Waals surface area contributed by atoms with Gasteiger partial charge in [-0.15, -0.1) is 6.42 Å². The Labute approximate surface area is 175 Å². The number of rotatable bonds is 3. The third-order valence-corrected chi connectivity index (χ3v) is 6.78. The number of pyridine rings is 1. The Morgan fingerprint density at radius 3 is 2.47 bits per heavy atom. The number of aromatic nitrogens is 1. The molecule has 7 nitrogen and oxygen atoms in total. The van der Waals surface area contributed by atoms with Crippen molar-refractivity contribution in [1.29, 1.82) is 5.26 Å². The van der Waals surface area contributed by atoms with Crippen LogP contribution in [0.5, 0.6) is 0 Å². The molecule has 0 spiro atoms. The van der Waals surface area contributed by atoms with Crippen molar-refractivity contribution in [2.24, 2.45) is 11.7 Å². The van der Waals surface area contributed by atoms with Gasteiger partial charge in [0.05, 0.1) is 29.9 Å². The molecule has 4 heterocycles. The number of nitrogens with two attached hydrogens (primary N) is 1. The average Bonchev–Trinajstić information content (AvgIpc) is 3.29. The van der Waals surface area contributed by atoms with Crippen molar-refractivity contribution in [3.8, 4) is 18.4 Å². The number of nitriles is 1. The number of carbonyl (C=O) groups excluding carboxylic acids is 2. The molecule has 0 saturated carbocycles. The van der Waals surface area contributed by atoms with E-state index in [1.54, 1.807) is 4.90 Å². The van der Waals surface area contributed by atoms with Gasteiger partial charge in [0.1, 0.15) is 6.04 Å². The van der Waals surface area contributed by atoms with Crippen molar-refractivity contribution in [1.82, 2.24) is 14.8 Å². The largest absolute Gasteiger partial charge is 0.333 e. The highest BCUT2D eigenvalue weighted by Gasteiger charge is 2.48. The summed E-state index contributed by atoms with van der Waals surface area (Å²) in [5.41, 5.74) is 6.39. The van der Waals surface area contributed by atoms with E-state index < -0.39 is 23.9 Å². The molecule has 30 heavy (non-hydrogen) atoms. The number of amides is 2. The number of fused-ring (bicyclic) bond motifs is 2. The lowest BCUT2D eigenvalue weighted by Crippen LogP contribution is -2.56. The predicted molar refractivity (Wildman–Crippen MR) is 106 cm³/mol. The van der Waals surface area contributed by atoms with Crippen molar-refractivity contribution in [3.63, 3.8) is 0 Å². The summed E-state index contributed by atoms with van der Waals surface area (Å²) in [7, 11) is 0. The first-order chi connectivity index (χ1) is 14.5. The van der Waals surface area contributed by atoms with Crippen LogP contribution in [0.4, 0.5) is 4.39 Å². The highest BCUT2D eigenvalue weighted by molar-refractivity contribution is 5.95. The fourth-order valence-corrected chi connectivity index (χ4v) is 5.31.